The molecule has 0 saturated carbocycles. The molecule has 0 nitrogen and oxygen atoms in total. The Morgan fingerprint density at radius 3 is 1.67 bits per heavy atom. The van der Waals surface area contributed by atoms with Crippen LogP contribution in [0.15, 0.2) is 0 Å². The SMILES string of the molecule is CCC[CH2][Zr][CH2]CCC. The first kappa shape index (κ1) is 9.88. The van der Waals surface area contributed by atoms with E-state index >= 15 is 0 Å². The van der Waals surface area contributed by atoms with E-state index in [0.29, 0.717) is 0 Å². The fourth-order valence-electron chi connectivity index (χ4n) is 0.729. The quantitative estimate of drug-likeness (QED) is 0.582. The van der Waals surface area contributed by atoms with Gasteiger partial charge in [0, 0.05) is 0 Å². The second-order valence-corrected chi connectivity index (χ2v) is 6.14. The molecule has 0 bridgehead atoms. The molecule has 0 aromatic carbocycles. The Kier molecular flexibility index (Phi) is 9.75. The molecule has 0 amide bonds. The first-order valence-electron chi connectivity index (χ1n) is 4.12. The Labute approximate surface area is 71.0 Å². The Balaban J connectivity index is 2.60. The van der Waals surface area contributed by atoms with Crippen LogP contribution in [0.2, 0.25) is 8.26 Å². The number of rotatable bonds is 6. The molecule has 0 aromatic heterocycles. The summed E-state index contributed by atoms with van der Waals surface area (Å²) < 4.78 is 3.25. The van der Waals surface area contributed by atoms with Crippen LogP contribution in [-0.2, 0) is 23.2 Å². The minimum atomic E-state index is 0.149. The predicted octanol–water partition coefficient (Wildman–Crippen LogP) is 3.51. The summed E-state index contributed by atoms with van der Waals surface area (Å²) >= 11 is 0.149. The van der Waals surface area contributed by atoms with E-state index in [2.05, 4.69) is 13.8 Å². The normalized spacial score (nSPS) is 9.56. The molecule has 54 valence electrons. The van der Waals surface area contributed by atoms with Gasteiger partial charge < -0.3 is 0 Å². The third kappa shape index (κ3) is 8.88. The summed E-state index contributed by atoms with van der Waals surface area (Å²) in [5.41, 5.74) is 0. The maximum absolute atomic E-state index is 2.29. The molecular weight excluding hydrogens is 187 g/mol. The van der Waals surface area contributed by atoms with Crippen molar-refractivity contribution in [3.8, 4) is 0 Å². The van der Waals surface area contributed by atoms with Crippen LogP contribution in [0.25, 0.3) is 0 Å². The monoisotopic (exact) mass is 204 g/mol. The average Bonchev–Trinajstić information content (AvgIpc) is 1.89. The van der Waals surface area contributed by atoms with Crippen molar-refractivity contribution in [2.45, 2.75) is 47.8 Å². The van der Waals surface area contributed by atoms with Crippen molar-refractivity contribution in [1.29, 1.82) is 0 Å². The van der Waals surface area contributed by atoms with Crippen LogP contribution < -0.4 is 0 Å². The van der Waals surface area contributed by atoms with Gasteiger partial charge in [0.1, 0.15) is 0 Å². The average molecular weight is 205 g/mol. The Morgan fingerprint density at radius 2 is 1.33 bits per heavy atom. The zero-order valence-electron chi connectivity index (χ0n) is 6.74. The van der Waals surface area contributed by atoms with Crippen LogP contribution in [0.5, 0.6) is 0 Å². The van der Waals surface area contributed by atoms with Crippen molar-refractivity contribution in [3.63, 3.8) is 0 Å². The summed E-state index contributed by atoms with van der Waals surface area (Å²) in [6.45, 7) is 4.58. The van der Waals surface area contributed by atoms with Gasteiger partial charge in [0.05, 0.1) is 0 Å². The molecule has 0 saturated heterocycles. The first-order chi connectivity index (χ1) is 4.41. The second kappa shape index (κ2) is 8.88. The van der Waals surface area contributed by atoms with E-state index in [-0.39, 0.29) is 23.2 Å². The molecule has 0 N–H and O–H groups in total. The molecule has 0 atom stereocenters. The van der Waals surface area contributed by atoms with E-state index in [1.54, 1.807) is 8.26 Å². The third-order valence-electron chi connectivity index (χ3n) is 1.41. The zero-order valence-corrected chi connectivity index (χ0v) is 9.20. The molecular formula is C8H18Zr. The standard InChI is InChI=1S/2C4H9.Zr/c2*1-3-4-2;/h2*1,3-4H2,2H3;. The predicted molar refractivity (Wildman–Crippen MR) is 39.4 cm³/mol. The van der Waals surface area contributed by atoms with Gasteiger partial charge in [-0.1, -0.05) is 0 Å². The Hall–Kier alpha value is 0.883. The second-order valence-electron chi connectivity index (χ2n) is 2.46. The summed E-state index contributed by atoms with van der Waals surface area (Å²) in [7, 11) is 0. The molecule has 9 heavy (non-hydrogen) atoms. The van der Waals surface area contributed by atoms with Gasteiger partial charge in [0.15, 0.2) is 0 Å². The van der Waals surface area contributed by atoms with Crippen LogP contribution in [0.4, 0.5) is 0 Å². The Bertz CT molecular complexity index is 37.8. The molecule has 0 spiro atoms. The fraction of sp³-hybridized carbons (Fsp3) is 1.00. The van der Waals surface area contributed by atoms with Crippen LogP contribution >= 0.6 is 0 Å². The van der Waals surface area contributed by atoms with Crippen LogP contribution in [-0.4, -0.2) is 0 Å². The van der Waals surface area contributed by atoms with Crippen molar-refractivity contribution in [3.05, 3.63) is 0 Å². The topological polar surface area (TPSA) is 0 Å². The van der Waals surface area contributed by atoms with Crippen molar-refractivity contribution in [2.24, 2.45) is 0 Å². The first-order valence-corrected chi connectivity index (χ1v) is 7.60. The molecule has 0 radical (unpaired) electrons. The van der Waals surface area contributed by atoms with Crippen LogP contribution in [0.3, 0.4) is 0 Å². The van der Waals surface area contributed by atoms with E-state index in [4.69, 9.17) is 0 Å². The van der Waals surface area contributed by atoms with Crippen molar-refractivity contribution in [2.75, 3.05) is 0 Å². The molecule has 0 aliphatic heterocycles. The van der Waals surface area contributed by atoms with Gasteiger partial charge in [0.2, 0.25) is 0 Å². The van der Waals surface area contributed by atoms with E-state index in [1.165, 1.54) is 25.7 Å². The van der Waals surface area contributed by atoms with Crippen molar-refractivity contribution in [1.82, 2.24) is 0 Å². The molecule has 0 aliphatic carbocycles. The van der Waals surface area contributed by atoms with E-state index < -0.39 is 0 Å². The fourth-order valence-corrected chi connectivity index (χ4v) is 4.31. The zero-order chi connectivity index (χ0) is 6.95. The third-order valence-corrected chi connectivity index (χ3v) is 4.89. The Morgan fingerprint density at radius 1 is 0.889 bits per heavy atom. The van der Waals surface area contributed by atoms with Gasteiger partial charge in [-0.15, -0.1) is 0 Å². The molecule has 0 fully saturated rings. The van der Waals surface area contributed by atoms with Gasteiger partial charge in [-0.25, -0.2) is 0 Å². The number of hydrogen-bond acceptors (Lipinski definition) is 0. The molecule has 0 rings (SSSR count). The van der Waals surface area contributed by atoms with Gasteiger partial charge >= 0.3 is 71.0 Å². The van der Waals surface area contributed by atoms with Crippen LogP contribution in [0.1, 0.15) is 39.5 Å². The molecule has 0 heterocycles. The van der Waals surface area contributed by atoms with Gasteiger partial charge in [-0.2, -0.15) is 0 Å². The summed E-state index contributed by atoms with van der Waals surface area (Å²) in [4.78, 5) is 0. The maximum atomic E-state index is 2.29. The summed E-state index contributed by atoms with van der Waals surface area (Å²) in [5.74, 6) is 0. The molecule has 0 aromatic rings. The van der Waals surface area contributed by atoms with E-state index in [1.807, 2.05) is 0 Å². The minimum absolute atomic E-state index is 0.149. The number of unbranched alkanes of at least 4 members (excludes halogenated alkanes) is 2. The van der Waals surface area contributed by atoms with Gasteiger partial charge in [-0.05, 0) is 0 Å². The van der Waals surface area contributed by atoms with Gasteiger partial charge in [-0.3, -0.25) is 0 Å². The number of hydrogen-bond donors (Lipinski definition) is 0. The molecule has 1 heteroatoms. The summed E-state index contributed by atoms with van der Waals surface area (Å²) in [6, 6.07) is 0. The van der Waals surface area contributed by atoms with Crippen molar-refractivity contribution < 1.29 is 23.2 Å². The molecule has 0 aliphatic rings. The van der Waals surface area contributed by atoms with E-state index in [0.717, 1.165) is 0 Å². The van der Waals surface area contributed by atoms with Crippen molar-refractivity contribution >= 4 is 0 Å². The van der Waals surface area contributed by atoms with E-state index in [9.17, 15) is 0 Å². The summed E-state index contributed by atoms with van der Waals surface area (Å²) in [6.07, 6.45) is 5.84. The van der Waals surface area contributed by atoms with Crippen LogP contribution in [0, 0.1) is 0 Å². The van der Waals surface area contributed by atoms with Gasteiger partial charge in [0.25, 0.3) is 0 Å². The molecule has 0 unspecified atom stereocenters. The summed E-state index contributed by atoms with van der Waals surface area (Å²) in [5, 5.41) is 0.